The van der Waals surface area contributed by atoms with Gasteiger partial charge in [0.25, 0.3) is 11.5 Å². The van der Waals surface area contributed by atoms with Crippen LogP contribution in [0.5, 0.6) is 0 Å². The van der Waals surface area contributed by atoms with Crippen molar-refractivity contribution in [2.45, 2.75) is 26.3 Å². The van der Waals surface area contributed by atoms with Crippen molar-refractivity contribution in [3.05, 3.63) is 57.3 Å². The molecule has 1 N–H and O–H groups in total. The van der Waals surface area contributed by atoms with E-state index in [1.807, 2.05) is 6.07 Å². The number of nitrogens with zero attached hydrogens (tertiary/aromatic N) is 3. The van der Waals surface area contributed by atoms with E-state index in [4.69, 9.17) is 4.42 Å². The predicted octanol–water partition coefficient (Wildman–Crippen LogP) is 2.15. The number of hydrogen-bond acceptors (Lipinski definition) is 5. The summed E-state index contributed by atoms with van der Waals surface area (Å²) in [7, 11) is 3.70. The lowest BCUT2D eigenvalue weighted by molar-refractivity contribution is 0.0950. The van der Waals surface area contributed by atoms with Crippen molar-refractivity contribution in [3.8, 4) is 0 Å². The Hall–Kier alpha value is -3.09. The Morgan fingerprint density at radius 2 is 2.15 bits per heavy atom. The zero-order valence-electron chi connectivity index (χ0n) is 15.7. The fourth-order valence-electron chi connectivity index (χ4n) is 3.68. The molecule has 1 aliphatic heterocycles. The van der Waals surface area contributed by atoms with Gasteiger partial charge in [0.1, 0.15) is 17.5 Å². The lowest BCUT2D eigenvalue weighted by Gasteiger charge is -2.27. The van der Waals surface area contributed by atoms with Crippen LogP contribution in [0.3, 0.4) is 0 Å². The number of fused-ring (bicyclic) bond motifs is 2. The van der Waals surface area contributed by atoms with Crippen LogP contribution in [0.2, 0.25) is 0 Å². The van der Waals surface area contributed by atoms with E-state index in [0.717, 1.165) is 24.9 Å². The number of carbonyl (C=O) groups excluding carboxylic acids is 1. The number of amides is 1. The first-order valence-corrected chi connectivity index (χ1v) is 9.01. The van der Waals surface area contributed by atoms with Crippen LogP contribution in [0.4, 0.5) is 5.69 Å². The Morgan fingerprint density at radius 3 is 2.96 bits per heavy atom. The number of anilines is 1. The maximum absolute atomic E-state index is 12.8. The van der Waals surface area contributed by atoms with E-state index >= 15 is 0 Å². The van der Waals surface area contributed by atoms with Gasteiger partial charge in [0.2, 0.25) is 5.71 Å². The maximum atomic E-state index is 12.8. The monoisotopic (exact) mass is 366 g/mol. The normalized spacial score (nSPS) is 13.7. The highest BCUT2D eigenvalue weighted by molar-refractivity contribution is 6.06. The maximum Gasteiger partial charge on any atom is 0.265 e. The Bertz CT molecular complexity index is 1100. The quantitative estimate of drug-likeness (QED) is 0.768. The van der Waals surface area contributed by atoms with Crippen molar-refractivity contribution in [3.63, 3.8) is 0 Å². The number of furan rings is 1. The number of carbonyl (C=O) groups is 1. The van der Waals surface area contributed by atoms with E-state index in [1.165, 1.54) is 22.1 Å². The van der Waals surface area contributed by atoms with Gasteiger partial charge >= 0.3 is 0 Å². The Labute approximate surface area is 156 Å². The summed E-state index contributed by atoms with van der Waals surface area (Å²) in [5, 5.41) is 3.13. The topological polar surface area (TPSA) is 80.4 Å². The third-order valence-electron chi connectivity index (χ3n) is 5.12. The third-order valence-corrected chi connectivity index (χ3v) is 5.12. The van der Waals surface area contributed by atoms with Crippen LogP contribution in [-0.2, 0) is 20.0 Å². The molecule has 1 aliphatic rings. The van der Waals surface area contributed by atoms with Crippen LogP contribution in [0.1, 0.15) is 33.7 Å². The summed E-state index contributed by atoms with van der Waals surface area (Å²) < 4.78 is 6.84. The minimum absolute atomic E-state index is 0.192. The van der Waals surface area contributed by atoms with Crippen molar-refractivity contribution in [1.29, 1.82) is 0 Å². The molecule has 3 heterocycles. The lowest BCUT2D eigenvalue weighted by Crippen LogP contribution is -2.27. The zero-order chi connectivity index (χ0) is 19.1. The van der Waals surface area contributed by atoms with Gasteiger partial charge < -0.3 is 19.2 Å². The zero-order valence-corrected chi connectivity index (χ0v) is 15.7. The second kappa shape index (κ2) is 6.57. The largest absolute Gasteiger partial charge is 0.442 e. The molecular weight excluding hydrogens is 344 g/mol. The van der Waals surface area contributed by atoms with Gasteiger partial charge in [-0.2, -0.15) is 0 Å². The summed E-state index contributed by atoms with van der Waals surface area (Å²) in [6.07, 6.45) is 3.57. The molecule has 4 rings (SSSR count). The molecule has 0 bridgehead atoms. The van der Waals surface area contributed by atoms with Gasteiger partial charge in [-0.3, -0.25) is 9.59 Å². The molecule has 2 aromatic heterocycles. The van der Waals surface area contributed by atoms with Gasteiger partial charge in [-0.15, -0.1) is 0 Å². The number of aromatic nitrogens is 2. The number of aryl methyl sites for hydroxylation is 3. The van der Waals surface area contributed by atoms with Crippen molar-refractivity contribution in [2.75, 3.05) is 18.5 Å². The Morgan fingerprint density at radius 1 is 1.33 bits per heavy atom. The molecule has 7 heteroatoms. The average Bonchev–Trinajstić information content (AvgIpc) is 3.00. The van der Waals surface area contributed by atoms with Gasteiger partial charge in [0.05, 0.1) is 5.56 Å². The smallest absolute Gasteiger partial charge is 0.265 e. The molecular formula is C20H22N4O3. The molecule has 0 saturated heterocycles. The van der Waals surface area contributed by atoms with Gasteiger partial charge in [0.15, 0.2) is 0 Å². The molecule has 0 spiro atoms. The molecule has 140 valence electrons. The first-order chi connectivity index (χ1) is 13.0. The van der Waals surface area contributed by atoms with Gasteiger partial charge in [-0.1, -0.05) is 12.1 Å². The van der Waals surface area contributed by atoms with E-state index < -0.39 is 0 Å². The summed E-state index contributed by atoms with van der Waals surface area (Å²) in [5.41, 5.74) is 3.75. The van der Waals surface area contributed by atoms with Crippen molar-refractivity contribution < 1.29 is 9.21 Å². The summed E-state index contributed by atoms with van der Waals surface area (Å²) in [5.74, 6) is 0.0663. The summed E-state index contributed by atoms with van der Waals surface area (Å²) in [4.78, 5) is 31.5. The minimum Gasteiger partial charge on any atom is -0.442 e. The standard InChI is InChI=1S/C20H22N4O3/c1-12-16(17-19(27-12)22-11-24(3)20(17)26)18(25)21-10-13-6-7-15-14(9-13)5-4-8-23(15)2/h6-7,9,11H,4-5,8,10H2,1-3H3,(H,21,25). The first kappa shape index (κ1) is 17.3. The van der Waals surface area contributed by atoms with E-state index in [2.05, 4.69) is 34.4 Å². The second-order valence-corrected chi connectivity index (χ2v) is 7.04. The fourth-order valence-corrected chi connectivity index (χ4v) is 3.68. The lowest BCUT2D eigenvalue weighted by atomic mass is 9.99. The van der Waals surface area contributed by atoms with Crippen LogP contribution in [0.15, 0.2) is 33.7 Å². The van der Waals surface area contributed by atoms with Crippen LogP contribution >= 0.6 is 0 Å². The van der Waals surface area contributed by atoms with Gasteiger partial charge in [-0.05, 0) is 37.0 Å². The van der Waals surface area contributed by atoms with E-state index in [0.29, 0.717) is 12.3 Å². The van der Waals surface area contributed by atoms with Crippen LogP contribution in [-0.4, -0.2) is 29.1 Å². The van der Waals surface area contributed by atoms with Crippen LogP contribution in [0.25, 0.3) is 11.1 Å². The predicted molar refractivity (Wildman–Crippen MR) is 103 cm³/mol. The molecule has 0 fully saturated rings. The second-order valence-electron chi connectivity index (χ2n) is 7.04. The number of rotatable bonds is 3. The molecule has 1 amide bonds. The Kier molecular flexibility index (Phi) is 4.22. The van der Waals surface area contributed by atoms with Gasteiger partial charge in [0, 0.05) is 32.9 Å². The van der Waals surface area contributed by atoms with Crippen molar-refractivity contribution in [1.82, 2.24) is 14.9 Å². The third kappa shape index (κ3) is 2.99. The number of nitrogens with one attached hydrogen (secondary N) is 1. The fraction of sp³-hybridized carbons (Fsp3) is 0.350. The number of benzene rings is 1. The summed E-state index contributed by atoms with van der Waals surface area (Å²) in [6, 6.07) is 6.28. The molecule has 27 heavy (non-hydrogen) atoms. The van der Waals surface area contributed by atoms with Crippen molar-refractivity contribution in [2.24, 2.45) is 7.05 Å². The minimum atomic E-state index is -0.328. The number of hydrogen-bond donors (Lipinski definition) is 1. The highest BCUT2D eigenvalue weighted by Crippen LogP contribution is 2.27. The summed E-state index contributed by atoms with van der Waals surface area (Å²) in [6.45, 7) is 3.13. The molecule has 1 aromatic carbocycles. The van der Waals surface area contributed by atoms with Crippen LogP contribution < -0.4 is 15.8 Å². The average molecular weight is 366 g/mol. The van der Waals surface area contributed by atoms with E-state index in [9.17, 15) is 9.59 Å². The molecule has 7 nitrogen and oxygen atoms in total. The van der Waals surface area contributed by atoms with E-state index in [1.54, 1.807) is 14.0 Å². The molecule has 0 radical (unpaired) electrons. The molecule has 3 aromatic rings. The van der Waals surface area contributed by atoms with E-state index in [-0.39, 0.29) is 28.1 Å². The molecule has 0 unspecified atom stereocenters. The summed E-state index contributed by atoms with van der Waals surface area (Å²) >= 11 is 0. The highest BCUT2D eigenvalue weighted by Gasteiger charge is 2.22. The highest BCUT2D eigenvalue weighted by atomic mass is 16.3. The van der Waals surface area contributed by atoms with Crippen molar-refractivity contribution >= 4 is 22.7 Å². The van der Waals surface area contributed by atoms with Crippen LogP contribution in [0, 0.1) is 6.92 Å². The molecule has 0 aliphatic carbocycles. The van der Waals surface area contributed by atoms with Gasteiger partial charge in [-0.25, -0.2) is 4.98 Å². The first-order valence-electron chi connectivity index (χ1n) is 9.01. The molecule has 0 atom stereocenters. The Balaban J connectivity index is 1.59. The SMILES string of the molecule is Cc1oc2ncn(C)c(=O)c2c1C(=O)NCc1ccc2c(c1)CCCN2C. The molecule has 0 saturated carbocycles.